The van der Waals surface area contributed by atoms with Crippen molar-refractivity contribution < 1.29 is 8.42 Å². The predicted molar refractivity (Wildman–Crippen MR) is 87.9 cm³/mol. The molecule has 1 aliphatic carbocycles. The Balaban J connectivity index is 2.23. The maximum absolute atomic E-state index is 12.7. The van der Waals surface area contributed by atoms with Crippen LogP contribution in [0.1, 0.15) is 32.1 Å². The van der Waals surface area contributed by atoms with Crippen LogP contribution in [0, 0.1) is 5.92 Å². The Kier molecular flexibility index (Phi) is 5.95. The molecular formula is C15H21Cl2NO2S. The van der Waals surface area contributed by atoms with Gasteiger partial charge in [0.2, 0.25) is 0 Å². The Hall–Kier alpha value is -0.290. The van der Waals surface area contributed by atoms with Crippen LogP contribution in [0.3, 0.4) is 0 Å². The van der Waals surface area contributed by atoms with E-state index in [0.717, 1.165) is 12.8 Å². The fourth-order valence-corrected chi connectivity index (χ4v) is 6.00. The molecule has 3 nitrogen and oxygen atoms in total. The Morgan fingerprint density at radius 3 is 2.29 bits per heavy atom. The normalized spacial score (nSPS) is 18.6. The van der Waals surface area contributed by atoms with Gasteiger partial charge < -0.3 is 5.32 Å². The van der Waals surface area contributed by atoms with Gasteiger partial charge in [0.25, 0.3) is 0 Å². The highest BCUT2D eigenvalue weighted by Gasteiger charge is 2.30. The number of hydrogen-bond donors (Lipinski definition) is 1. The van der Waals surface area contributed by atoms with E-state index in [1.165, 1.54) is 19.3 Å². The molecule has 1 fully saturated rings. The molecule has 118 valence electrons. The Morgan fingerprint density at radius 1 is 1.19 bits per heavy atom. The van der Waals surface area contributed by atoms with Crippen LogP contribution < -0.4 is 5.32 Å². The van der Waals surface area contributed by atoms with E-state index in [-0.39, 0.29) is 26.7 Å². The van der Waals surface area contributed by atoms with Gasteiger partial charge in [-0.05, 0) is 37.9 Å². The molecule has 0 aromatic heterocycles. The van der Waals surface area contributed by atoms with Crippen molar-refractivity contribution in [1.29, 1.82) is 0 Å². The molecule has 0 amide bonds. The average molecular weight is 350 g/mol. The molecule has 0 bridgehead atoms. The summed E-state index contributed by atoms with van der Waals surface area (Å²) < 4.78 is 25.4. The fourth-order valence-electron chi connectivity index (χ4n) is 3.09. The average Bonchev–Trinajstić information content (AvgIpc) is 2.45. The van der Waals surface area contributed by atoms with Gasteiger partial charge >= 0.3 is 0 Å². The van der Waals surface area contributed by atoms with Gasteiger partial charge in [0.15, 0.2) is 9.84 Å². The van der Waals surface area contributed by atoms with Crippen LogP contribution in [-0.4, -0.2) is 27.3 Å². The largest absolute Gasteiger partial charge is 0.316 e. The first kappa shape index (κ1) is 17.1. The summed E-state index contributed by atoms with van der Waals surface area (Å²) in [5.41, 5.74) is 0. The minimum atomic E-state index is -3.51. The van der Waals surface area contributed by atoms with Crippen molar-refractivity contribution in [3.63, 3.8) is 0 Å². The summed E-state index contributed by atoms with van der Waals surface area (Å²) in [5, 5.41) is 3.56. The van der Waals surface area contributed by atoms with Crippen molar-refractivity contribution in [2.45, 2.75) is 43.0 Å². The third-order valence-corrected chi connectivity index (χ3v) is 6.93. The Bertz CT molecular complexity index is 563. The maximum Gasteiger partial charge on any atom is 0.182 e. The lowest BCUT2D eigenvalue weighted by Gasteiger charge is -2.30. The summed E-state index contributed by atoms with van der Waals surface area (Å²) in [6.07, 6.45) is 5.76. The molecule has 1 unspecified atom stereocenters. The topological polar surface area (TPSA) is 46.2 Å². The molecule has 1 N–H and O–H groups in total. The van der Waals surface area contributed by atoms with Crippen LogP contribution in [0.2, 0.25) is 10.0 Å². The SMILES string of the molecule is CNC(CS(=O)(=O)c1c(Cl)cccc1Cl)C1CCCCC1. The molecule has 1 aromatic rings. The van der Waals surface area contributed by atoms with Crippen LogP contribution in [-0.2, 0) is 9.84 Å². The third kappa shape index (κ3) is 4.13. The van der Waals surface area contributed by atoms with Crippen molar-refractivity contribution in [3.05, 3.63) is 28.2 Å². The number of hydrogen-bond acceptors (Lipinski definition) is 3. The first-order valence-corrected chi connectivity index (χ1v) is 9.70. The van der Waals surface area contributed by atoms with Crippen LogP contribution in [0.15, 0.2) is 23.1 Å². The standard InChI is InChI=1S/C15H21Cl2NO2S/c1-18-14(11-6-3-2-4-7-11)10-21(19,20)15-12(16)8-5-9-13(15)17/h5,8-9,11,14,18H,2-4,6-7,10H2,1H3. The molecule has 1 aromatic carbocycles. The molecule has 0 radical (unpaired) electrons. The van der Waals surface area contributed by atoms with Crippen molar-refractivity contribution in [2.24, 2.45) is 5.92 Å². The van der Waals surface area contributed by atoms with Gasteiger partial charge in [-0.15, -0.1) is 0 Å². The Morgan fingerprint density at radius 2 is 1.76 bits per heavy atom. The lowest BCUT2D eigenvalue weighted by atomic mass is 9.84. The van der Waals surface area contributed by atoms with Gasteiger partial charge in [-0.25, -0.2) is 8.42 Å². The second-order valence-corrected chi connectivity index (χ2v) is 8.41. The van der Waals surface area contributed by atoms with Crippen LogP contribution >= 0.6 is 23.2 Å². The van der Waals surface area contributed by atoms with Gasteiger partial charge in [-0.2, -0.15) is 0 Å². The van der Waals surface area contributed by atoms with Crippen LogP contribution in [0.5, 0.6) is 0 Å². The minimum absolute atomic E-state index is 0.0393. The highest BCUT2D eigenvalue weighted by Crippen LogP contribution is 2.32. The van der Waals surface area contributed by atoms with Crippen molar-refractivity contribution in [3.8, 4) is 0 Å². The molecule has 0 spiro atoms. The van der Waals surface area contributed by atoms with Crippen molar-refractivity contribution in [2.75, 3.05) is 12.8 Å². The number of rotatable bonds is 5. The van der Waals surface area contributed by atoms with E-state index in [9.17, 15) is 8.42 Å². The maximum atomic E-state index is 12.7. The lowest BCUT2D eigenvalue weighted by molar-refractivity contribution is 0.292. The highest BCUT2D eigenvalue weighted by atomic mass is 35.5. The predicted octanol–water partition coefficient (Wildman–Crippen LogP) is 3.94. The second-order valence-electron chi connectivity index (χ2n) is 5.63. The molecule has 1 saturated carbocycles. The van der Waals surface area contributed by atoms with E-state index >= 15 is 0 Å². The van der Waals surface area contributed by atoms with Gasteiger partial charge in [0.05, 0.1) is 15.8 Å². The van der Waals surface area contributed by atoms with Crippen LogP contribution in [0.25, 0.3) is 0 Å². The zero-order chi connectivity index (χ0) is 15.5. The molecule has 1 atom stereocenters. The first-order valence-electron chi connectivity index (χ1n) is 7.29. The molecule has 0 heterocycles. The van der Waals surface area contributed by atoms with E-state index in [0.29, 0.717) is 5.92 Å². The fraction of sp³-hybridized carbons (Fsp3) is 0.600. The summed E-state index contributed by atoms with van der Waals surface area (Å²) >= 11 is 12.1. The quantitative estimate of drug-likeness (QED) is 0.875. The summed E-state index contributed by atoms with van der Waals surface area (Å²) in [5.74, 6) is 0.442. The summed E-state index contributed by atoms with van der Waals surface area (Å²) in [6, 6.07) is 4.73. The number of sulfone groups is 1. The smallest absolute Gasteiger partial charge is 0.182 e. The zero-order valence-corrected chi connectivity index (χ0v) is 14.4. The monoisotopic (exact) mass is 349 g/mol. The molecule has 0 aliphatic heterocycles. The highest BCUT2D eigenvalue weighted by molar-refractivity contribution is 7.91. The van der Waals surface area contributed by atoms with E-state index in [2.05, 4.69) is 5.32 Å². The minimum Gasteiger partial charge on any atom is -0.316 e. The summed E-state index contributed by atoms with van der Waals surface area (Å²) in [6.45, 7) is 0. The Labute approximate surface area is 136 Å². The number of benzene rings is 1. The molecule has 0 saturated heterocycles. The molecule has 6 heteroatoms. The second kappa shape index (κ2) is 7.32. The van der Waals surface area contributed by atoms with Crippen molar-refractivity contribution >= 4 is 33.0 Å². The summed E-state index contributed by atoms with van der Waals surface area (Å²) in [7, 11) is -1.69. The van der Waals surface area contributed by atoms with E-state index < -0.39 is 9.84 Å². The number of nitrogens with one attached hydrogen (secondary N) is 1. The third-order valence-electron chi connectivity index (χ3n) is 4.22. The molecule has 2 rings (SSSR count). The van der Waals surface area contributed by atoms with Crippen LogP contribution in [0.4, 0.5) is 0 Å². The first-order chi connectivity index (χ1) is 9.95. The van der Waals surface area contributed by atoms with E-state index in [4.69, 9.17) is 23.2 Å². The molecule has 21 heavy (non-hydrogen) atoms. The van der Waals surface area contributed by atoms with E-state index in [1.807, 2.05) is 7.05 Å². The zero-order valence-electron chi connectivity index (χ0n) is 12.1. The molecular weight excluding hydrogens is 329 g/mol. The van der Waals surface area contributed by atoms with Gasteiger partial charge in [-0.3, -0.25) is 0 Å². The summed E-state index contributed by atoms with van der Waals surface area (Å²) in [4.78, 5) is 0.0596. The van der Waals surface area contributed by atoms with E-state index in [1.54, 1.807) is 18.2 Å². The lowest BCUT2D eigenvalue weighted by Crippen LogP contribution is -2.40. The molecule has 1 aliphatic rings. The van der Waals surface area contributed by atoms with Gasteiger partial charge in [-0.1, -0.05) is 48.5 Å². The van der Waals surface area contributed by atoms with Gasteiger partial charge in [0, 0.05) is 6.04 Å². The van der Waals surface area contributed by atoms with Crippen molar-refractivity contribution in [1.82, 2.24) is 5.32 Å². The van der Waals surface area contributed by atoms with Gasteiger partial charge in [0.1, 0.15) is 4.90 Å². The number of halogens is 2.